The Morgan fingerprint density at radius 1 is 1.47 bits per heavy atom. The molecule has 8 heteroatoms. The van der Waals surface area contributed by atoms with Crippen molar-refractivity contribution in [3.05, 3.63) is 26.9 Å². The largest absolute Gasteiger partial charge is 0.297 e. The third-order valence-electron chi connectivity index (χ3n) is 2.26. The fourth-order valence-corrected chi connectivity index (χ4v) is 2.05. The number of Topliss-reactive ketones (excluding diaryl/α,β-unsaturated/α-hetero) is 1. The van der Waals surface area contributed by atoms with E-state index in [1.54, 1.807) is 0 Å². The highest BCUT2D eigenvalue weighted by atomic mass is 79.9. The summed E-state index contributed by atoms with van der Waals surface area (Å²) < 4.78 is 0.315. The first-order chi connectivity index (χ1) is 7.99. The average Bonchev–Trinajstić information content (AvgIpc) is 2.57. The van der Waals surface area contributed by atoms with Gasteiger partial charge in [0.05, 0.1) is 22.4 Å². The second-order valence-corrected chi connectivity index (χ2v) is 4.31. The molecule has 1 aromatic rings. The number of nitrogens with zero attached hydrogens (tertiary/aromatic N) is 3. The van der Waals surface area contributed by atoms with Crippen LogP contribution in [-0.4, -0.2) is 28.1 Å². The molecule has 1 amide bonds. The Kier molecular flexibility index (Phi) is 2.88. The SMILES string of the molecule is O=C1CC(=O)N(c2ncc([N+](=O)[O-])cc2Br)C1. The number of carbonyl (C=O) groups excluding carboxylic acids is 2. The summed E-state index contributed by atoms with van der Waals surface area (Å²) >= 11 is 3.10. The minimum Gasteiger partial charge on any atom is -0.297 e. The quantitative estimate of drug-likeness (QED) is 0.462. The molecular weight excluding hydrogens is 294 g/mol. The molecule has 1 aromatic heterocycles. The summed E-state index contributed by atoms with van der Waals surface area (Å²) in [6.07, 6.45) is 0.904. The van der Waals surface area contributed by atoms with Crippen LogP contribution in [0.1, 0.15) is 6.42 Å². The van der Waals surface area contributed by atoms with Gasteiger partial charge in [0, 0.05) is 6.07 Å². The highest BCUT2D eigenvalue weighted by Crippen LogP contribution is 2.29. The van der Waals surface area contributed by atoms with E-state index in [4.69, 9.17) is 0 Å². The normalized spacial score (nSPS) is 15.5. The number of nitro groups is 1. The van der Waals surface area contributed by atoms with Gasteiger partial charge in [0.25, 0.3) is 5.69 Å². The Morgan fingerprint density at radius 3 is 2.65 bits per heavy atom. The molecule has 2 heterocycles. The number of amides is 1. The molecule has 0 N–H and O–H groups in total. The van der Waals surface area contributed by atoms with Gasteiger partial charge in [-0.3, -0.25) is 24.6 Å². The van der Waals surface area contributed by atoms with E-state index in [0.717, 1.165) is 6.20 Å². The van der Waals surface area contributed by atoms with Gasteiger partial charge < -0.3 is 0 Å². The first kappa shape index (κ1) is 11.6. The van der Waals surface area contributed by atoms with Gasteiger partial charge in [-0.1, -0.05) is 0 Å². The summed E-state index contributed by atoms with van der Waals surface area (Å²) in [5.41, 5.74) is -0.182. The zero-order valence-corrected chi connectivity index (χ0v) is 10.0. The van der Waals surface area contributed by atoms with Crippen LogP contribution in [0.3, 0.4) is 0 Å². The predicted octanol–water partition coefficient (Wildman–Crippen LogP) is 1.06. The number of aromatic nitrogens is 1. The van der Waals surface area contributed by atoms with Crippen LogP contribution in [0.25, 0.3) is 0 Å². The number of hydrogen-bond donors (Lipinski definition) is 0. The minimum absolute atomic E-state index is 0.0394. The Balaban J connectivity index is 2.37. The van der Waals surface area contributed by atoms with Crippen LogP contribution in [0, 0.1) is 10.1 Å². The topological polar surface area (TPSA) is 93.4 Å². The zero-order chi connectivity index (χ0) is 12.6. The molecule has 0 atom stereocenters. The van der Waals surface area contributed by atoms with Crippen molar-refractivity contribution in [2.24, 2.45) is 0 Å². The average molecular weight is 300 g/mol. The van der Waals surface area contributed by atoms with Crippen molar-refractivity contribution in [3.8, 4) is 0 Å². The van der Waals surface area contributed by atoms with Gasteiger partial charge in [0.2, 0.25) is 5.91 Å². The molecule has 0 bridgehead atoms. The molecule has 17 heavy (non-hydrogen) atoms. The van der Waals surface area contributed by atoms with Crippen LogP contribution < -0.4 is 4.90 Å². The zero-order valence-electron chi connectivity index (χ0n) is 8.42. The van der Waals surface area contributed by atoms with Crippen LogP contribution >= 0.6 is 15.9 Å². The number of halogens is 1. The number of ketones is 1. The summed E-state index contributed by atoms with van der Waals surface area (Å²) in [5.74, 6) is -0.314. The molecule has 0 saturated carbocycles. The van der Waals surface area contributed by atoms with Crippen molar-refractivity contribution in [1.82, 2.24) is 4.98 Å². The van der Waals surface area contributed by atoms with E-state index in [1.165, 1.54) is 11.0 Å². The lowest BCUT2D eigenvalue weighted by Gasteiger charge is -2.14. The summed E-state index contributed by atoms with van der Waals surface area (Å²) in [6, 6.07) is 1.25. The van der Waals surface area contributed by atoms with E-state index in [1.807, 2.05) is 0 Å². The fraction of sp³-hybridized carbons (Fsp3) is 0.222. The molecule has 0 spiro atoms. The number of pyridine rings is 1. The fourth-order valence-electron chi connectivity index (χ4n) is 1.50. The maximum Gasteiger partial charge on any atom is 0.288 e. The lowest BCUT2D eigenvalue weighted by molar-refractivity contribution is -0.385. The highest BCUT2D eigenvalue weighted by Gasteiger charge is 2.31. The number of carbonyl (C=O) groups is 2. The van der Waals surface area contributed by atoms with Crippen LogP contribution in [0.2, 0.25) is 0 Å². The van der Waals surface area contributed by atoms with Gasteiger partial charge in [0.15, 0.2) is 5.78 Å². The Bertz CT molecular complexity index is 531. The monoisotopic (exact) mass is 299 g/mol. The Hall–Kier alpha value is -1.83. The Morgan fingerprint density at radius 2 is 2.18 bits per heavy atom. The van der Waals surface area contributed by atoms with E-state index in [0.29, 0.717) is 4.47 Å². The molecule has 2 rings (SSSR count). The van der Waals surface area contributed by atoms with Gasteiger partial charge in [0.1, 0.15) is 12.0 Å². The van der Waals surface area contributed by atoms with Crippen molar-refractivity contribution in [1.29, 1.82) is 0 Å². The molecular formula is C9H6BrN3O4. The van der Waals surface area contributed by atoms with Crippen LogP contribution in [0.5, 0.6) is 0 Å². The van der Waals surface area contributed by atoms with Crippen molar-refractivity contribution >= 4 is 39.1 Å². The van der Waals surface area contributed by atoms with Gasteiger partial charge in [-0.05, 0) is 15.9 Å². The van der Waals surface area contributed by atoms with Crippen molar-refractivity contribution < 1.29 is 14.5 Å². The first-order valence-electron chi connectivity index (χ1n) is 4.61. The number of anilines is 1. The summed E-state index contributed by atoms with van der Waals surface area (Å²) in [6.45, 7) is -0.0394. The molecule has 1 aliphatic heterocycles. The molecule has 0 unspecified atom stereocenters. The van der Waals surface area contributed by atoms with E-state index >= 15 is 0 Å². The molecule has 1 saturated heterocycles. The summed E-state index contributed by atoms with van der Waals surface area (Å²) in [7, 11) is 0. The van der Waals surface area contributed by atoms with Crippen molar-refractivity contribution in [2.75, 3.05) is 11.4 Å². The molecule has 0 aliphatic carbocycles. The molecule has 0 radical (unpaired) electrons. The van der Waals surface area contributed by atoms with Gasteiger partial charge in [-0.2, -0.15) is 0 Å². The van der Waals surface area contributed by atoms with E-state index < -0.39 is 4.92 Å². The van der Waals surface area contributed by atoms with Crippen LogP contribution in [0.4, 0.5) is 11.5 Å². The van der Waals surface area contributed by atoms with Gasteiger partial charge in [-0.15, -0.1) is 0 Å². The minimum atomic E-state index is -0.585. The maximum atomic E-state index is 11.5. The Labute approximate surface area is 104 Å². The maximum absolute atomic E-state index is 11.5. The second-order valence-electron chi connectivity index (χ2n) is 3.45. The smallest absolute Gasteiger partial charge is 0.288 e. The molecule has 88 valence electrons. The van der Waals surface area contributed by atoms with Crippen LogP contribution in [-0.2, 0) is 9.59 Å². The lowest BCUT2D eigenvalue weighted by atomic mass is 10.3. The summed E-state index contributed by atoms with van der Waals surface area (Å²) in [5, 5.41) is 10.5. The lowest BCUT2D eigenvalue weighted by Crippen LogP contribution is -2.25. The third kappa shape index (κ3) is 2.16. The van der Waals surface area contributed by atoms with Crippen LogP contribution in [0.15, 0.2) is 16.7 Å². The third-order valence-corrected chi connectivity index (χ3v) is 2.84. The number of rotatable bonds is 2. The summed E-state index contributed by atoms with van der Waals surface area (Å²) in [4.78, 5) is 37.5. The van der Waals surface area contributed by atoms with Gasteiger partial charge in [-0.25, -0.2) is 4.98 Å². The second kappa shape index (κ2) is 4.21. The predicted molar refractivity (Wildman–Crippen MR) is 60.6 cm³/mol. The number of hydrogen-bond acceptors (Lipinski definition) is 5. The highest BCUT2D eigenvalue weighted by molar-refractivity contribution is 9.10. The molecule has 1 fully saturated rings. The van der Waals surface area contributed by atoms with Crippen molar-refractivity contribution in [2.45, 2.75) is 6.42 Å². The standard InChI is InChI=1S/C9H6BrN3O4/c10-7-1-5(13(16)17)3-11-9(7)12-4-6(14)2-8(12)15/h1,3H,2,4H2. The molecule has 7 nitrogen and oxygen atoms in total. The van der Waals surface area contributed by atoms with E-state index in [2.05, 4.69) is 20.9 Å². The van der Waals surface area contributed by atoms with Gasteiger partial charge >= 0.3 is 0 Å². The van der Waals surface area contributed by atoms with E-state index in [9.17, 15) is 19.7 Å². The first-order valence-corrected chi connectivity index (χ1v) is 5.40. The molecule has 1 aliphatic rings. The van der Waals surface area contributed by atoms with E-state index in [-0.39, 0.29) is 36.2 Å². The van der Waals surface area contributed by atoms with Crippen molar-refractivity contribution in [3.63, 3.8) is 0 Å². The molecule has 0 aromatic carbocycles.